The van der Waals surface area contributed by atoms with Gasteiger partial charge in [0.2, 0.25) is 0 Å². The number of rotatable bonds is 6. The van der Waals surface area contributed by atoms with Crippen LogP contribution in [-0.2, 0) is 12.3 Å². The van der Waals surface area contributed by atoms with Gasteiger partial charge in [-0.3, -0.25) is 4.68 Å². The van der Waals surface area contributed by atoms with E-state index in [9.17, 15) is 0 Å². The SMILES string of the molecule is NC(=NN=Cc1ccc(Cn2cccn2)cc1)SCc1ccccc1. The van der Waals surface area contributed by atoms with Crippen molar-refractivity contribution in [3.8, 4) is 0 Å². The van der Waals surface area contributed by atoms with E-state index in [-0.39, 0.29) is 0 Å². The van der Waals surface area contributed by atoms with Crippen LogP contribution in [0.4, 0.5) is 0 Å². The summed E-state index contributed by atoms with van der Waals surface area (Å²) >= 11 is 1.47. The van der Waals surface area contributed by atoms with Gasteiger partial charge in [0.25, 0.3) is 0 Å². The molecule has 1 heterocycles. The maximum atomic E-state index is 5.88. The minimum absolute atomic E-state index is 0.454. The number of nitrogens with two attached hydrogens (primary N) is 1. The highest BCUT2D eigenvalue weighted by Crippen LogP contribution is 2.11. The van der Waals surface area contributed by atoms with Crippen LogP contribution in [0.5, 0.6) is 0 Å². The molecule has 5 nitrogen and oxygen atoms in total. The van der Waals surface area contributed by atoms with E-state index in [1.54, 1.807) is 12.4 Å². The van der Waals surface area contributed by atoms with Crippen molar-refractivity contribution in [1.29, 1.82) is 0 Å². The molecule has 2 aromatic carbocycles. The highest BCUT2D eigenvalue weighted by atomic mass is 32.2. The Bertz CT molecular complexity index is 824. The zero-order chi connectivity index (χ0) is 17.3. The molecule has 0 aliphatic rings. The molecule has 3 aromatic rings. The standard InChI is InChI=1S/C19H19N5S/c20-19(25-15-18-5-2-1-3-6-18)23-21-13-16-7-9-17(10-8-16)14-24-12-4-11-22-24/h1-13H,14-15H2,(H2,20,23). The molecule has 0 atom stereocenters. The molecular formula is C19H19N5S. The lowest BCUT2D eigenvalue weighted by molar-refractivity contribution is 0.687. The minimum atomic E-state index is 0.454. The Morgan fingerprint density at radius 2 is 1.84 bits per heavy atom. The van der Waals surface area contributed by atoms with E-state index in [4.69, 9.17) is 5.73 Å². The summed E-state index contributed by atoms with van der Waals surface area (Å²) in [4.78, 5) is 0. The predicted molar refractivity (Wildman–Crippen MR) is 105 cm³/mol. The number of amidine groups is 1. The lowest BCUT2D eigenvalue weighted by Crippen LogP contribution is -2.06. The first kappa shape index (κ1) is 17.0. The first-order valence-corrected chi connectivity index (χ1v) is 8.88. The second-order valence-corrected chi connectivity index (χ2v) is 6.40. The fraction of sp³-hybridized carbons (Fsp3) is 0.105. The van der Waals surface area contributed by atoms with E-state index in [0.29, 0.717) is 5.17 Å². The van der Waals surface area contributed by atoms with Crippen molar-refractivity contribution in [3.05, 3.63) is 89.7 Å². The number of hydrogen-bond donors (Lipinski definition) is 1. The molecule has 0 saturated carbocycles. The van der Waals surface area contributed by atoms with Gasteiger partial charge in [0.05, 0.1) is 12.8 Å². The average Bonchev–Trinajstić information content (AvgIpc) is 3.15. The fourth-order valence-corrected chi connectivity index (χ4v) is 2.81. The number of benzene rings is 2. The van der Waals surface area contributed by atoms with Crippen LogP contribution in [0, 0.1) is 0 Å². The number of hydrogen-bond acceptors (Lipinski definition) is 4. The van der Waals surface area contributed by atoms with Crippen molar-refractivity contribution < 1.29 is 0 Å². The van der Waals surface area contributed by atoms with Gasteiger partial charge < -0.3 is 5.73 Å². The van der Waals surface area contributed by atoms with E-state index in [2.05, 4.69) is 39.6 Å². The number of nitrogens with zero attached hydrogens (tertiary/aromatic N) is 4. The third-order valence-electron chi connectivity index (χ3n) is 3.48. The Labute approximate surface area is 151 Å². The highest BCUT2D eigenvalue weighted by Gasteiger charge is 1.97. The summed E-state index contributed by atoms with van der Waals surface area (Å²) in [6.07, 6.45) is 5.42. The number of aromatic nitrogens is 2. The molecule has 25 heavy (non-hydrogen) atoms. The monoisotopic (exact) mass is 349 g/mol. The zero-order valence-electron chi connectivity index (χ0n) is 13.7. The van der Waals surface area contributed by atoms with E-state index < -0.39 is 0 Å². The molecule has 0 spiro atoms. The van der Waals surface area contributed by atoms with Crippen LogP contribution in [0.2, 0.25) is 0 Å². The fourth-order valence-electron chi connectivity index (χ4n) is 2.20. The summed E-state index contributed by atoms with van der Waals surface area (Å²) in [5, 5.41) is 12.7. The van der Waals surface area contributed by atoms with E-state index in [1.165, 1.54) is 22.9 Å². The van der Waals surface area contributed by atoms with Gasteiger partial charge >= 0.3 is 0 Å². The number of thioether (sulfide) groups is 1. The molecule has 2 N–H and O–H groups in total. The van der Waals surface area contributed by atoms with Crippen LogP contribution in [0.3, 0.4) is 0 Å². The summed E-state index contributed by atoms with van der Waals surface area (Å²) in [5.74, 6) is 0.786. The Hall–Kier alpha value is -2.86. The van der Waals surface area contributed by atoms with Gasteiger partial charge in [-0.05, 0) is 22.8 Å². The third kappa shape index (κ3) is 5.61. The normalized spacial score (nSPS) is 11.9. The zero-order valence-corrected chi connectivity index (χ0v) is 14.5. The molecular weight excluding hydrogens is 330 g/mol. The Morgan fingerprint density at radius 3 is 2.56 bits per heavy atom. The Morgan fingerprint density at radius 1 is 1.04 bits per heavy atom. The maximum Gasteiger partial charge on any atom is 0.180 e. The van der Waals surface area contributed by atoms with Crippen molar-refractivity contribution in [2.24, 2.45) is 15.9 Å². The molecule has 0 radical (unpaired) electrons. The van der Waals surface area contributed by atoms with Crippen molar-refractivity contribution in [2.45, 2.75) is 12.3 Å². The van der Waals surface area contributed by atoms with Crippen molar-refractivity contribution in [3.63, 3.8) is 0 Å². The summed E-state index contributed by atoms with van der Waals surface area (Å²) in [6, 6.07) is 20.2. The quantitative estimate of drug-likeness (QED) is 0.421. The lowest BCUT2D eigenvalue weighted by atomic mass is 10.1. The average molecular weight is 349 g/mol. The van der Waals surface area contributed by atoms with E-state index in [1.807, 2.05) is 47.3 Å². The van der Waals surface area contributed by atoms with Gasteiger partial charge in [0, 0.05) is 18.1 Å². The van der Waals surface area contributed by atoms with Gasteiger partial charge in [0.15, 0.2) is 5.17 Å². The topological polar surface area (TPSA) is 68.6 Å². The summed E-state index contributed by atoms with van der Waals surface area (Å²) in [7, 11) is 0. The molecule has 1 aromatic heterocycles. The molecule has 3 rings (SSSR count). The summed E-state index contributed by atoms with van der Waals surface area (Å²) in [6.45, 7) is 0.756. The van der Waals surface area contributed by atoms with E-state index in [0.717, 1.165) is 17.9 Å². The molecule has 0 unspecified atom stereocenters. The third-order valence-corrected chi connectivity index (χ3v) is 4.33. The maximum absolute atomic E-state index is 5.88. The summed E-state index contributed by atoms with van der Waals surface area (Å²) in [5.41, 5.74) is 9.25. The first-order chi connectivity index (χ1) is 12.3. The molecule has 0 aliphatic carbocycles. The van der Waals surface area contributed by atoms with E-state index >= 15 is 0 Å². The second kappa shape index (κ2) is 8.84. The smallest absolute Gasteiger partial charge is 0.180 e. The van der Waals surface area contributed by atoms with Crippen LogP contribution in [0.15, 0.2) is 83.3 Å². The largest absolute Gasteiger partial charge is 0.377 e. The van der Waals surface area contributed by atoms with Gasteiger partial charge in [-0.25, -0.2) is 0 Å². The summed E-state index contributed by atoms with van der Waals surface area (Å²) < 4.78 is 1.89. The van der Waals surface area contributed by atoms with Crippen LogP contribution in [0.25, 0.3) is 0 Å². The molecule has 0 bridgehead atoms. The van der Waals surface area contributed by atoms with Crippen LogP contribution in [-0.4, -0.2) is 21.2 Å². The van der Waals surface area contributed by atoms with Crippen LogP contribution < -0.4 is 5.73 Å². The van der Waals surface area contributed by atoms with Gasteiger partial charge in [-0.1, -0.05) is 66.4 Å². The van der Waals surface area contributed by atoms with Crippen LogP contribution in [0.1, 0.15) is 16.7 Å². The molecule has 0 amide bonds. The minimum Gasteiger partial charge on any atom is -0.377 e. The predicted octanol–water partition coefficient (Wildman–Crippen LogP) is 3.51. The highest BCUT2D eigenvalue weighted by molar-refractivity contribution is 8.13. The second-order valence-electron chi connectivity index (χ2n) is 5.40. The molecule has 0 aliphatic heterocycles. The van der Waals surface area contributed by atoms with Crippen molar-refractivity contribution >= 4 is 23.1 Å². The van der Waals surface area contributed by atoms with Gasteiger partial charge in [0.1, 0.15) is 0 Å². The first-order valence-electron chi connectivity index (χ1n) is 7.89. The van der Waals surface area contributed by atoms with Gasteiger partial charge in [-0.2, -0.15) is 10.2 Å². The molecule has 0 fully saturated rings. The lowest BCUT2D eigenvalue weighted by Gasteiger charge is -2.02. The van der Waals surface area contributed by atoms with Crippen molar-refractivity contribution in [1.82, 2.24) is 9.78 Å². The molecule has 6 heteroatoms. The Balaban J connectivity index is 1.50. The molecule has 126 valence electrons. The molecule has 0 saturated heterocycles. The van der Waals surface area contributed by atoms with Gasteiger partial charge in [-0.15, -0.1) is 5.10 Å². The van der Waals surface area contributed by atoms with Crippen LogP contribution >= 0.6 is 11.8 Å². The van der Waals surface area contributed by atoms with Crippen molar-refractivity contribution in [2.75, 3.05) is 0 Å². The Kier molecular flexibility index (Phi) is 6.01.